The summed E-state index contributed by atoms with van der Waals surface area (Å²) in [6.07, 6.45) is 5.07. The van der Waals surface area contributed by atoms with Gasteiger partial charge in [-0.3, -0.25) is 0 Å². The number of rotatable bonds is 7. The molecule has 1 aromatic heterocycles. The number of hydrogen-bond donors (Lipinski definition) is 2. The molecule has 0 saturated heterocycles. The molecule has 0 radical (unpaired) electrons. The second-order valence-electron chi connectivity index (χ2n) is 6.61. The normalized spacial score (nSPS) is 12.8. The molecule has 7 heteroatoms. The third-order valence-electron chi connectivity index (χ3n) is 4.74. The van der Waals surface area contributed by atoms with Crippen molar-refractivity contribution in [2.24, 2.45) is 0 Å². The van der Waals surface area contributed by atoms with Gasteiger partial charge in [0.15, 0.2) is 5.11 Å². The highest BCUT2D eigenvalue weighted by molar-refractivity contribution is 7.80. The molecular weight excluding hydrogens is 392 g/mol. The van der Waals surface area contributed by atoms with Crippen LogP contribution in [0.1, 0.15) is 46.1 Å². The minimum atomic E-state index is -0.259. The predicted octanol–water partition coefficient (Wildman–Crippen LogP) is 4.34. The van der Waals surface area contributed by atoms with Crippen LogP contribution in [0.4, 0.5) is 5.00 Å². The van der Waals surface area contributed by atoms with E-state index < -0.39 is 0 Å². The Kier molecular flexibility index (Phi) is 7.28. The van der Waals surface area contributed by atoms with Gasteiger partial charge in [-0.1, -0.05) is 12.1 Å². The molecule has 0 saturated carbocycles. The second-order valence-corrected chi connectivity index (χ2v) is 8.13. The van der Waals surface area contributed by atoms with Crippen LogP contribution in [0, 0.1) is 0 Å². The van der Waals surface area contributed by atoms with E-state index in [2.05, 4.69) is 10.6 Å². The molecule has 2 N–H and O–H groups in total. The number of nitrogens with one attached hydrogen (secondary N) is 2. The van der Waals surface area contributed by atoms with Gasteiger partial charge in [-0.25, -0.2) is 4.79 Å². The fraction of sp³-hybridized carbons (Fsp3) is 0.429. The van der Waals surface area contributed by atoms with Crippen LogP contribution in [0.15, 0.2) is 24.3 Å². The summed E-state index contributed by atoms with van der Waals surface area (Å²) < 4.78 is 10.5. The van der Waals surface area contributed by atoms with Crippen LogP contribution in [0.25, 0.3) is 0 Å². The van der Waals surface area contributed by atoms with E-state index in [-0.39, 0.29) is 5.97 Å². The molecule has 1 aromatic carbocycles. The smallest absolute Gasteiger partial charge is 0.341 e. The number of ether oxygens (including phenoxy) is 2. The standard InChI is InChI=1S/C21H26N2O3S2/c1-3-26-20(24)18-16-6-4-5-7-17(16)28-19(18)23-21(27)22-13-12-14-8-10-15(25-2)11-9-14/h8-11H,3-7,12-13H2,1-2H3,(H2,22,23,27). The molecule has 1 heterocycles. The summed E-state index contributed by atoms with van der Waals surface area (Å²) in [5.41, 5.74) is 3.01. The molecule has 0 aliphatic heterocycles. The summed E-state index contributed by atoms with van der Waals surface area (Å²) in [7, 11) is 1.66. The summed E-state index contributed by atoms with van der Waals surface area (Å²) >= 11 is 7.08. The zero-order valence-corrected chi connectivity index (χ0v) is 17.9. The fourth-order valence-electron chi connectivity index (χ4n) is 3.33. The van der Waals surface area contributed by atoms with Crippen LogP contribution in [-0.4, -0.2) is 31.3 Å². The van der Waals surface area contributed by atoms with Gasteiger partial charge in [0.25, 0.3) is 0 Å². The Bertz CT molecular complexity index is 831. The lowest BCUT2D eigenvalue weighted by atomic mass is 9.95. The van der Waals surface area contributed by atoms with Crippen molar-refractivity contribution < 1.29 is 14.3 Å². The second kappa shape index (κ2) is 9.89. The largest absolute Gasteiger partial charge is 0.497 e. The van der Waals surface area contributed by atoms with Gasteiger partial charge in [0.2, 0.25) is 0 Å². The minimum absolute atomic E-state index is 0.259. The Morgan fingerprint density at radius 1 is 1.21 bits per heavy atom. The van der Waals surface area contributed by atoms with Crippen molar-refractivity contribution in [1.29, 1.82) is 0 Å². The minimum Gasteiger partial charge on any atom is -0.497 e. The highest BCUT2D eigenvalue weighted by Gasteiger charge is 2.26. The first-order valence-corrected chi connectivity index (χ1v) is 10.8. The first-order chi connectivity index (χ1) is 13.6. The van der Waals surface area contributed by atoms with Crippen LogP contribution >= 0.6 is 23.6 Å². The van der Waals surface area contributed by atoms with Crippen molar-refractivity contribution in [2.75, 3.05) is 25.6 Å². The van der Waals surface area contributed by atoms with Gasteiger partial charge in [-0.15, -0.1) is 11.3 Å². The SMILES string of the molecule is CCOC(=O)c1c(NC(=S)NCCc2ccc(OC)cc2)sc2c1CCCC2. The lowest BCUT2D eigenvalue weighted by molar-refractivity contribution is 0.0526. The van der Waals surface area contributed by atoms with E-state index in [1.807, 2.05) is 31.2 Å². The maximum Gasteiger partial charge on any atom is 0.341 e. The van der Waals surface area contributed by atoms with Gasteiger partial charge in [0.05, 0.1) is 19.3 Å². The molecule has 150 valence electrons. The third-order valence-corrected chi connectivity index (χ3v) is 6.19. The highest BCUT2D eigenvalue weighted by atomic mass is 32.1. The Hall–Kier alpha value is -2.12. The molecule has 0 fully saturated rings. The van der Waals surface area contributed by atoms with E-state index in [4.69, 9.17) is 21.7 Å². The van der Waals surface area contributed by atoms with Crippen molar-refractivity contribution in [3.05, 3.63) is 45.8 Å². The first kappa shape index (κ1) is 20.6. The predicted molar refractivity (Wildman–Crippen MR) is 118 cm³/mol. The Labute approximate surface area is 175 Å². The van der Waals surface area contributed by atoms with Crippen molar-refractivity contribution >= 4 is 39.6 Å². The first-order valence-electron chi connectivity index (χ1n) is 9.61. The lowest BCUT2D eigenvalue weighted by Gasteiger charge is -2.13. The number of anilines is 1. The molecule has 2 aromatic rings. The number of thiocarbonyl (C=S) groups is 1. The van der Waals surface area contributed by atoms with Crippen LogP contribution in [0.3, 0.4) is 0 Å². The molecule has 0 unspecified atom stereocenters. The van der Waals surface area contributed by atoms with E-state index in [0.717, 1.165) is 42.0 Å². The maximum atomic E-state index is 12.5. The topological polar surface area (TPSA) is 59.6 Å². The number of carbonyl (C=O) groups is 1. The van der Waals surface area contributed by atoms with E-state index >= 15 is 0 Å². The molecular formula is C21H26N2O3S2. The van der Waals surface area contributed by atoms with E-state index in [0.29, 0.717) is 23.8 Å². The number of hydrogen-bond acceptors (Lipinski definition) is 5. The molecule has 0 amide bonds. The summed E-state index contributed by atoms with van der Waals surface area (Å²) in [5.74, 6) is 0.590. The van der Waals surface area contributed by atoms with Gasteiger partial charge in [-0.2, -0.15) is 0 Å². The summed E-state index contributed by atoms with van der Waals surface area (Å²) in [6.45, 7) is 2.90. The fourth-order valence-corrected chi connectivity index (χ4v) is 4.88. The zero-order valence-electron chi connectivity index (χ0n) is 16.3. The average molecular weight is 419 g/mol. The summed E-state index contributed by atoms with van der Waals surface area (Å²) in [4.78, 5) is 13.8. The van der Waals surface area contributed by atoms with E-state index in [9.17, 15) is 4.79 Å². The monoisotopic (exact) mass is 418 g/mol. The average Bonchev–Trinajstić information content (AvgIpc) is 3.06. The van der Waals surface area contributed by atoms with Crippen LogP contribution < -0.4 is 15.4 Å². The van der Waals surface area contributed by atoms with Crippen LogP contribution in [-0.2, 0) is 24.0 Å². The van der Waals surface area contributed by atoms with Gasteiger partial charge in [-0.05, 0) is 74.5 Å². The van der Waals surface area contributed by atoms with Gasteiger partial charge >= 0.3 is 5.97 Å². The van der Waals surface area contributed by atoms with E-state index in [1.165, 1.54) is 16.9 Å². The van der Waals surface area contributed by atoms with Gasteiger partial charge < -0.3 is 20.1 Å². The molecule has 0 bridgehead atoms. The third kappa shape index (κ3) is 5.02. The highest BCUT2D eigenvalue weighted by Crippen LogP contribution is 2.38. The molecule has 5 nitrogen and oxygen atoms in total. The summed E-state index contributed by atoms with van der Waals surface area (Å²) in [6, 6.07) is 7.99. The lowest BCUT2D eigenvalue weighted by Crippen LogP contribution is -2.30. The number of esters is 1. The van der Waals surface area contributed by atoms with E-state index in [1.54, 1.807) is 18.4 Å². The Morgan fingerprint density at radius 3 is 2.68 bits per heavy atom. The van der Waals surface area contributed by atoms with Crippen molar-refractivity contribution in [1.82, 2.24) is 5.32 Å². The van der Waals surface area contributed by atoms with Crippen molar-refractivity contribution in [3.63, 3.8) is 0 Å². The number of thiophene rings is 1. The molecule has 28 heavy (non-hydrogen) atoms. The number of benzene rings is 1. The molecule has 1 aliphatic rings. The van der Waals surface area contributed by atoms with Crippen LogP contribution in [0.2, 0.25) is 0 Å². The van der Waals surface area contributed by atoms with Gasteiger partial charge in [0, 0.05) is 11.4 Å². The molecule has 3 rings (SSSR count). The van der Waals surface area contributed by atoms with Gasteiger partial charge in [0.1, 0.15) is 10.8 Å². The van der Waals surface area contributed by atoms with Crippen molar-refractivity contribution in [2.45, 2.75) is 39.0 Å². The summed E-state index contributed by atoms with van der Waals surface area (Å²) in [5, 5.41) is 7.78. The molecule has 0 atom stereocenters. The maximum absolute atomic E-state index is 12.5. The Balaban J connectivity index is 1.61. The number of methoxy groups -OCH3 is 1. The number of aryl methyl sites for hydroxylation is 1. The number of carbonyl (C=O) groups excluding carboxylic acids is 1. The van der Waals surface area contributed by atoms with Crippen molar-refractivity contribution in [3.8, 4) is 5.75 Å². The number of fused-ring (bicyclic) bond motifs is 1. The quantitative estimate of drug-likeness (QED) is 0.515. The molecule has 0 spiro atoms. The zero-order chi connectivity index (χ0) is 19.9. The Morgan fingerprint density at radius 2 is 1.96 bits per heavy atom. The van der Waals surface area contributed by atoms with Crippen LogP contribution in [0.5, 0.6) is 5.75 Å². The molecule has 1 aliphatic carbocycles.